The third-order valence-electron chi connectivity index (χ3n) is 2.74. The van der Waals surface area contributed by atoms with E-state index in [0.717, 1.165) is 0 Å². The third-order valence-corrected chi connectivity index (χ3v) is 3.24. The first-order valence-electron chi connectivity index (χ1n) is 6.31. The number of benzene rings is 2. The zero-order valence-corrected chi connectivity index (χ0v) is 13.0. The molecule has 0 aliphatic carbocycles. The van der Waals surface area contributed by atoms with Gasteiger partial charge in [-0.15, -0.1) is 0 Å². The molecule has 0 aliphatic rings. The van der Waals surface area contributed by atoms with Crippen LogP contribution in [0.1, 0.15) is 11.1 Å². The molecule has 0 heterocycles. The second-order valence-corrected chi connectivity index (χ2v) is 5.24. The highest BCUT2D eigenvalue weighted by Gasteiger charge is 2.08. The number of nitriles is 1. The van der Waals surface area contributed by atoms with Gasteiger partial charge in [0.1, 0.15) is 18.2 Å². The van der Waals surface area contributed by atoms with Crippen LogP contribution in [-0.2, 0) is 16.1 Å². The number of ether oxygens (including phenoxy) is 2. The van der Waals surface area contributed by atoms with Gasteiger partial charge in [0.15, 0.2) is 6.61 Å². The molecule has 22 heavy (non-hydrogen) atoms. The molecule has 6 heteroatoms. The molecule has 0 fully saturated rings. The van der Waals surface area contributed by atoms with Gasteiger partial charge in [-0.1, -0.05) is 22.0 Å². The molecule has 0 aliphatic heterocycles. The Bertz CT molecular complexity index is 710. The fourth-order valence-electron chi connectivity index (χ4n) is 1.61. The van der Waals surface area contributed by atoms with Crippen molar-refractivity contribution in [2.75, 3.05) is 6.61 Å². The first kappa shape index (κ1) is 16.0. The number of carbonyl (C=O) groups excluding carboxylic acids is 1. The van der Waals surface area contributed by atoms with Crippen LogP contribution in [0.25, 0.3) is 0 Å². The fraction of sp³-hybridized carbons (Fsp3) is 0.125. The predicted octanol–water partition coefficient (Wildman–Crippen LogP) is 3.58. The zero-order chi connectivity index (χ0) is 15.9. The van der Waals surface area contributed by atoms with Crippen LogP contribution in [0.5, 0.6) is 5.75 Å². The van der Waals surface area contributed by atoms with Crippen LogP contribution in [0.4, 0.5) is 4.39 Å². The monoisotopic (exact) mass is 363 g/mol. The number of esters is 1. The van der Waals surface area contributed by atoms with Gasteiger partial charge in [0.05, 0.1) is 11.6 Å². The summed E-state index contributed by atoms with van der Waals surface area (Å²) in [5, 5.41) is 8.67. The zero-order valence-electron chi connectivity index (χ0n) is 11.4. The SMILES string of the molecule is N#Cc1ccc(OCC(=O)OCc2ccc(Br)cc2F)cc1. The van der Waals surface area contributed by atoms with Gasteiger partial charge < -0.3 is 9.47 Å². The Balaban J connectivity index is 1.81. The van der Waals surface area contributed by atoms with Crippen molar-refractivity contribution in [1.82, 2.24) is 0 Å². The summed E-state index contributed by atoms with van der Waals surface area (Å²) in [6.07, 6.45) is 0. The molecule has 0 unspecified atom stereocenters. The Labute approximate surface area is 135 Å². The molecule has 112 valence electrons. The Morgan fingerprint density at radius 2 is 1.95 bits per heavy atom. The molecule has 4 nitrogen and oxygen atoms in total. The minimum absolute atomic E-state index is 0.158. The molecule has 0 aromatic heterocycles. The molecule has 0 N–H and O–H groups in total. The number of hydrogen-bond donors (Lipinski definition) is 0. The Kier molecular flexibility index (Phi) is 5.50. The van der Waals surface area contributed by atoms with Crippen LogP contribution in [0.15, 0.2) is 46.9 Å². The smallest absolute Gasteiger partial charge is 0.344 e. The summed E-state index contributed by atoms with van der Waals surface area (Å²) < 4.78 is 24.3. The van der Waals surface area contributed by atoms with Gasteiger partial charge in [-0.2, -0.15) is 5.26 Å². The summed E-state index contributed by atoms with van der Waals surface area (Å²) in [5.74, 6) is -0.604. The highest BCUT2D eigenvalue weighted by molar-refractivity contribution is 9.10. The lowest BCUT2D eigenvalue weighted by Gasteiger charge is -2.08. The number of halogens is 2. The summed E-state index contributed by atoms with van der Waals surface area (Å²) >= 11 is 3.15. The second kappa shape index (κ2) is 7.57. The second-order valence-electron chi connectivity index (χ2n) is 4.32. The van der Waals surface area contributed by atoms with Gasteiger partial charge in [0.25, 0.3) is 0 Å². The van der Waals surface area contributed by atoms with Crippen molar-refractivity contribution in [2.45, 2.75) is 6.61 Å². The van der Waals surface area contributed by atoms with Gasteiger partial charge in [-0.3, -0.25) is 0 Å². The Morgan fingerprint density at radius 3 is 2.59 bits per heavy atom. The number of carbonyl (C=O) groups is 1. The Morgan fingerprint density at radius 1 is 1.23 bits per heavy atom. The molecule has 0 saturated carbocycles. The van der Waals surface area contributed by atoms with Gasteiger partial charge in [-0.05, 0) is 36.4 Å². The van der Waals surface area contributed by atoms with Crippen molar-refractivity contribution < 1.29 is 18.7 Å². The lowest BCUT2D eigenvalue weighted by atomic mass is 10.2. The van der Waals surface area contributed by atoms with Crippen LogP contribution in [0.2, 0.25) is 0 Å². The fourth-order valence-corrected chi connectivity index (χ4v) is 1.94. The quantitative estimate of drug-likeness (QED) is 0.761. The van der Waals surface area contributed by atoms with Crippen molar-refractivity contribution >= 4 is 21.9 Å². The summed E-state index contributed by atoms with van der Waals surface area (Å²) in [4.78, 5) is 11.6. The topological polar surface area (TPSA) is 59.3 Å². The first-order valence-corrected chi connectivity index (χ1v) is 7.10. The van der Waals surface area contributed by atoms with Crippen molar-refractivity contribution in [3.05, 3.63) is 63.9 Å². The van der Waals surface area contributed by atoms with Crippen molar-refractivity contribution in [3.8, 4) is 11.8 Å². The van der Waals surface area contributed by atoms with E-state index in [1.807, 2.05) is 6.07 Å². The molecule has 2 aromatic carbocycles. The van der Waals surface area contributed by atoms with Crippen LogP contribution < -0.4 is 4.74 Å². The highest BCUT2D eigenvalue weighted by atomic mass is 79.9. The predicted molar refractivity (Wildman–Crippen MR) is 80.5 cm³/mol. The average molecular weight is 364 g/mol. The van der Waals surface area contributed by atoms with E-state index in [4.69, 9.17) is 14.7 Å². The molecular weight excluding hydrogens is 353 g/mol. The van der Waals surface area contributed by atoms with Crippen LogP contribution >= 0.6 is 15.9 Å². The first-order chi connectivity index (χ1) is 10.6. The molecule has 0 saturated heterocycles. The van der Waals surface area contributed by atoms with E-state index in [1.165, 1.54) is 12.1 Å². The molecule has 0 radical (unpaired) electrons. The number of hydrogen-bond acceptors (Lipinski definition) is 4. The van der Waals surface area contributed by atoms with E-state index in [-0.39, 0.29) is 18.8 Å². The minimum atomic E-state index is -0.605. The molecule has 2 aromatic rings. The lowest BCUT2D eigenvalue weighted by molar-refractivity contribution is -0.147. The van der Waals surface area contributed by atoms with Crippen LogP contribution in [0.3, 0.4) is 0 Å². The molecule has 0 amide bonds. The van der Waals surface area contributed by atoms with Gasteiger partial charge >= 0.3 is 5.97 Å². The standard InChI is InChI=1S/C16H11BrFNO3/c17-13-4-3-12(15(18)7-13)9-22-16(20)10-21-14-5-1-11(8-19)2-6-14/h1-7H,9-10H2. The number of rotatable bonds is 5. The van der Waals surface area contributed by atoms with Gasteiger partial charge in [0, 0.05) is 10.0 Å². The van der Waals surface area contributed by atoms with E-state index >= 15 is 0 Å². The third kappa shape index (κ3) is 4.57. The normalized spacial score (nSPS) is 9.86. The van der Waals surface area contributed by atoms with Crippen molar-refractivity contribution in [3.63, 3.8) is 0 Å². The van der Waals surface area contributed by atoms with Crippen molar-refractivity contribution in [1.29, 1.82) is 5.26 Å². The summed E-state index contributed by atoms with van der Waals surface area (Å²) in [6, 6.07) is 12.8. The number of nitrogens with zero attached hydrogens (tertiary/aromatic N) is 1. The average Bonchev–Trinajstić information content (AvgIpc) is 2.52. The summed E-state index contributed by atoms with van der Waals surface area (Å²) in [5.41, 5.74) is 0.788. The molecule has 0 spiro atoms. The Hall–Kier alpha value is -2.39. The van der Waals surface area contributed by atoms with E-state index in [0.29, 0.717) is 15.8 Å². The summed E-state index contributed by atoms with van der Waals surface area (Å²) in [6.45, 7) is -0.446. The summed E-state index contributed by atoms with van der Waals surface area (Å²) in [7, 11) is 0. The minimum Gasteiger partial charge on any atom is -0.482 e. The van der Waals surface area contributed by atoms with Crippen LogP contribution in [0, 0.1) is 17.1 Å². The molecule has 0 atom stereocenters. The van der Waals surface area contributed by atoms with Crippen LogP contribution in [-0.4, -0.2) is 12.6 Å². The van der Waals surface area contributed by atoms with Gasteiger partial charge in [-0.25, -0.2) is 9.18 Å². The van der Waals surface area contributed by atoms with E-state index in [9.17, 15) is 9.18 Å². The maximum absolute atomic E-state index is 13.5. The van der Waals surface area contributed by atoms with Gasteiger partial charge in [0.2, 0.25) is 0 Å². The molecule has 0 bridgehead atoms. The maximum atomic E-state index is 13.5. The van der Waals surface area contributed by atoms with E-state index < -0.39 is 11.8 Å². The highest BCUT2D eigenvalue weighted by Crippen LogP contribution is 2.16. The van der Waals surface area contributed by atoms with E-state index in [2.05, 4.69) is 15.9 Å². The van der Waals surface area contributed by atoms with E-state index in [1.54, 1.807) is 30.3 Å². The lowest BCUT2D eigenvalue weighted by Crippen LogP contribution is -2.15. The van der Waals surface area contributed by atoms with Crippen molar-refractivity contribution in [2.24, 2.45) is 0 Å². The molecular formula is C16H11BrFNO3. The largest absolute Gasteiger partial charge is 0.482 e. The molecule has 2 rings (SSSR count). The maximum Gasteiger partial charge on any atom is 0.344 e.